The Morgan fingerprint density at radius 3 is 1.54 bits per heavy atom. The van der Waals surface area contributed by atoms with Crippen LogP contribution >= 0.6 is 0 Å². The molecule has 0 unspecified atom stereocenters. The smallest absolute Gasteiger partial charge is 1.00 e. The first-order valence-electron chi connectivity index (χ1n) is 6.23. The maximum absolute atomic E-state index is 2.29. The van der Waals surface area contributed by atoms with Gasteiger partial charge in [-0.2, -0.15) is 0 Å². The second-order valence-electron chi connectivity index (χ2n) is 3.99. The topological polar surface area (TPSA) is 0 Å². The van der Waals surface area contributed by atoms with Gasteiger partial charge in [-0.15, -0.1) is 0 Å². The monoisotopic (exact) mass is 199 g/mol. The highest BCUT2D eigenvalue weighted by Gasteiger charge is 2.40. The molecule has 0 spiro atoms. The zero-order chi connectivity index (χ0) is 9.78. The van der Waals surface area contributed by atoms with Gasteiger partial charge < -0.3 is 2.85 Å². The second kappa shape index (κ2) is 12.5. The van der Waals surface area contributed by atoms with Crippen LogP contribution in [-0.2, 0) is 0 Å². The Bertz CT molecular complexity index is 79.7. The first kappa shape index (κ1) is 13.5. The third-order valence-electron chi connectivity index (χ3n) is 2.52. The van der Waals surface area contributed by atoms with Gasteiger partial charge in [0.2, 0.25) is 0 Å². The van der Waals surface area contributed by atoms with E-state index in [-0.39, 0.29) is 2.85 Å². The minimum absolute atomic E-state index is 0. The Balaban J connectivity index is -0.000000720. The molecule has 0 bridgehead atoms. The lowest BCUT2D eigenvalue weighted by molar-refractivity contribution is 0.689. The van der Waals surface area contributed by atoms with Gasteiger partial charge in [0.1, 0.15) is 0 Å². The minimum Gasteiger partial charge on any atom is -1.00 e. The van der Waals surface area contributed by atoms with Crippen LogP contribution in [0.15, 0.2) is 0 Å². The van der Waals surface area contributed by atoms with Gasteiger partial charge in [0.15, 0.2) is 10.6 Å². The summed E-state index contributed by atoms with van der Waals surface area (Å²) >= 11 is 0.805. The van der Waals surface area contributed by atoms with E-state index >= 15 is 0 Å². The van der Waals surface area contributed by atoms with Crippen LogP contribution in [0.2, 0.25) is 10.6 Å². The summed E-state index contributed by atoms with van der Waals surface area (Å²) in [6, 6.07) is 0. The largest absolute Gasteiger partial charge is 1.24 e. The Labute approximate surface area is 94.2 Å². The van der Waals surface area contributed by atoms with Crippen molar-refractivity contribution >= 4 is 15.2 Å². The molecule has 0 saturated heterocycles. The summed E-state index contributed by atoms with van der Waals surface area (Å²) in [5.41, 5.74) is 0. The molecule has 0 aliphatic rings. The fourth-order valence-corrected chi connectivity index (χ4v) is 3.02. The second-order valence-corrected chi connectivity index (χ2v) is 5.72. The predicted octanol–water partition coefficient (Wildman–Crippen LogP) is 4.91. The molecule has 0 saturated carbocycles. The Morgan fingerprint density at radius 2 is 1.15 bits per heavy atom. The highest BCUT2D eigenvalue weighted by molar-refractivity contribution is 6.35. The fraction of sp³-hybridized carbons (Fsp3) is 1.00. The zero-order valence-electron chi connectivity index (χ0n) is 11.6. The lowest BCUT2D eigenvalue weighted by atomic mass is 10.2. The van der Waals surface area contributed by atoms with Crippen LogP contribution < -0.4 is 0 Å². The molecule has 0 nitrogen and oxygen atoms in total. The van der Waals surface area contributed by atoms with Crippen molar-refractivity contribution in [1.82, 2.24) is 0 Å². The van der Waals surface area contributed by atoms with Gasteiger partial charge >= 0.3 is 15.2 Å². The summed E-state index contributed by atoms with van der Waals surface area (Å²) in [7, 11) is 0. The molecule has 0 aromatic heterocycles. The van der Waals surface area contributed by atoms with Crippen molar-refractivity contribution in [2.45, 2.75) is 75.8 Å². The van der Waals surface area contributed by atoms with Crippen LogP contribution in [0.1, 0.15) is 68.1 Å². The molecule has 5 radical (unpaired) electrons. The molecule has 79 valence electrons. The van der Waals surface area contributed by atoms with E-state index in [1.165, 1.54) is 51.4 Å². The number of hydrogen-bond donors (Lipinski definition) is 0. The highest BCUT2D eigenvalue weighted by atomic mass is 27.1. The van der Waals surface area contributed by atoms with Crippen molar-refractivity contribution in [2.75, 3.05) is 0 Å². The Kier molecular flexibility index (Phi) is 13.0. The van der Waals surface area contributed by atoms with Gasteiger partial charge in [0.25, 0.3) is 0 Å². The van der Waals surface area contributed by atoms with E-state index in [4.69, 9.17) is 0 Å². The summed E-state index contributed by atoms with van der Waals surface area (Å²) in [6.07, 6.45) is 11.7. The number of unbranched alkanes of at least 4 members (excludes halogenated alkanes) is 6. The molecule has 0 fully saturated rings. The van der Waals surface area contributed by atoms with Crippen LogP contribution in [0, 0.1) is 0 Å². The molecule has 13 heavy (non-hydrogen) atoms. The molecule has 0 N–H and O–H groups in total. The van der Waals surface area contributed by atoms with Gasteiger partial charge in [0, 0.05) is 0 Å². The predicted molar refractivity (Wildman–Crippen MR) is 65.9 cm³/mol. The number of rotatable bonds is 10. The van der Waals surface area contributed by atoms with Crippen LogP contribution in [0.3, 0.4) is 0 Å². The molecule has 0 aromatic rings. The van der Waals surface area contributed by atoms with E-state index in [2.05, 4.69) is 13.8 Å². The average molecular weight is 199 g/mol. The third kappa shape index (κ3) is 12.5. The van der Waals surface area contributed by atoms with Gasteiger partial charge in [0.05, 0.1) is 0 Å². The molecule has 0 rings (SSSR count). The van der Waals surface area contributed by atoms with Crippen LogP contribution in [0.5, 0.6) is 0 Å². The van der Waals surface area contributed by atoms with Gasteiger partial charge in [-0.05, 0) is 25.7 Å². The molecule has 1 heteroatoms. The van der Waals surface area contributed by atoms with Crippen molar-refractivity contribution in [3.05, 3.63) is 0 Å². The SMILES string of the molecule is CCCCC[CH2][Al+2][CH2]CCCCC.[H-].[H-]. The van der Waals surface area contributed by atoms with Crippen molar-refractivity contribution in [1.29, 1.82) is 0 Å². The summed E-state index contributed by atoms with van der Waals surface area (Å²) in [5.74, 6) is 0. The number of hydrogen-bond acceptors (Lipinski definition) is 0. The van der Waals surface area contributed by atoms with Crippen molar-refractivity contribution in [3.63, 3.8) is 0 Å². The molecule has 0 atom stereocenters. The quantitative estimate of drug-likeness (QED) is 0.346. The summed E-state index contributed by atoms with van der Waals surface area (Å²) in [4.78, 5) is 0. The van der Waals surface area contributed by atoms with Gasteiger partial charge in [-0.1, -0.05) is 39.5 Å². The molecular weight excluding hydrogens is 171 g/mol. The molecule has 0 amide bonds. The van der Waals surface area contributed by atoms with Crippen molar-refractivity contribution in [3.8, 4) is 0 Å². The van der Waals surface area contributed by atoms with Crippen molar-refractivity contribution in [2.24, 2.45) is 0 Å². The highest BCUT2D eigenvalue weighted by Crippen LogP contribution is 2.06. The standard InChI is InChI=1S/2C6H13.Al.2H/c2*1-3-5-6-4-2;;;/h2*1,3-6H2,2H3;;;/q;;+2;2*-1. The first-order valence-corrected chi connectivity index (χ1v) is 7.86. The van der Waals surface area contributed by atoms with E-state index in [9.17, 15) is 0 Å². The van der Waals surface area contributed by atoms with E-state index in [0.29, 0.717) is 0 Å². The van der Waals surface area contributed by atoms with Crippen LogP contribution in [0.25, 0.3) is 0 Å². The first-order chi connectivity index (χ1) is 6.41. The van der Waals surface area contributed by atoms with E-state index in [0.717, 1.165) is 15.2 Å². The normalized spacial score (nSPS) is 10.6. The van der Waals surface area contributed by atoms with E-state index in [1.807, 2.05) is 0 Å². The maximum Gasteiger partial charge on any atom is 1.24 e. The molecule has 0 aliphatic carbocycles. The lowest BCUT2D eigenvalue weighted by Crippen LogP contribution is -1.89. The maximum atomic E-state index is 2.29. The Hall–Kier alpha value is 0.532. The van der Waals surface area contributed by atoms with Crippen LogP contribution in [0.4, 0.5) is 0 Å². The third-order valence-corrected chi connectivity index (χ3v) is 4.16. The molecule has 0 aromatic carbocycles. The average Bonchev–Trinajstić information content (AvgIpc) is 2.16. The molecular formula is C12H28Al. The zero-order valence-corrected chi connectivity index (χ0v) is 10.8. The van der Waals surface area contributed by atoms with E-state index < -0.39 is 0 Å². The molecule has 0 aliphatic heterocycles. The Morgan fingerprint density at radius 1 is 0.692 bits per heavy atom. The molecule has 0 heterocycles. The lowest BCUT2D eigenvalue weighted by Gasteiger charge is -1.88. The summed E-state index contributed by atoms with van der Waals surface area (Å²) in [5, 5.41) is 3.12. The minimum atomic E-state index is 0. The van der Waals surface area contributed by atoms with Crippen LogP contribution in [-0.4, -0.2) is 15.2 Å². The van der Waals surface area contributed by atoms with Gasteiger partial charge in [-0.25, -0.2) is 0 Å². The summed E-state index contributed by atoms with van der Waals surface area (Å²) < 4.78 is 0. The fourth-order valence-electron chi connectivity index (χ4n) is 1.58. The van der Waals surface area contributed by atoms with Crippen molar-refractivity contribution < 1.29 is 2.85 Å². The van der Waals surface area contributed by atoms with Gasteiger partial charge in [-0.3, -0.25) is 0 Å². The van der Waals surface area contributed by atoms with E-state index in [1.54, 1.807) is 10.6 Å². The summed E-state index contributed by atoms with van der Waals surface area (Å²) in [6.45, 7) is 4.58.